The van der Waals surface area contributed by atoms with Gasteiger partial charge < -0.3 is 9.84 Å². The lowest BCUT2D eigenvalue weighted by Gasteiger charge is -2.06. The molecule has 3 rings (SSSR count). The van der Waals surface area contributed by atoms with Crippen molar-refractivity contribution in [2.75, 3.05) is 0 Å². The van der Waals surface area contributed by atoms with Crippen LogP contribution in [0.5, 0.6) is 11.5 Å². The Kier molecular flexibility index (Phi) is 3.16. The average Bonchev–Trinajstić information content (AvgIpc) is 2.74. The number of phenols is 1. The fourth-order valence-corrected chi connectivity index (χ4v) is 2.10. The van der Waals surface area contributed by atoms with Crippen LogP contribution in [0.3, 0.4) is 0 Å². The number of phenolic OH excluding ortho intramolecular Hbond substituents is 1. The van der Waals surface area contributed by atoms with E-state index in [4.69, 9.17) is 4.74 Å². The maximum atomic E-state index is 12.5. The Morgan fingerprint density at radius 2 is 1.73 bits per heavy atom. The van der Waals surface area contributed by atoms with Crippen LogP contribution >= 0.6 is 0 Å². The minimum atomic E-state index is -4.40. The van der Waals surface area contributed by atoms with E-state index in [-0.39, 0.29) is 23.0 Å². The highest BCUT2D eigenvalue weighted by Crippen LogP contribution is 2.35. The van der Waals surface area contributed by atoms with Gasteiger partial charge in [0.25, 0.3) is 0 Å². The van der Waals surface area contributed by atoms with Crippen molar-refractivity contribution in [2.24, 2.45) is 0 Å². The molecule has 2 aromatic rings. The zero-order valence-electron chi connectivity index (χ0n) is 11.0. The first-order valence-corrected chi connectivity index (χ1v) is 6.29. The van der Waals surface area contributed by atoms with E-state index in [0.717, 1.165) is 12.1 Å². The number of ketones is 1. The number of fused-ring (bicyclic) bond motifs is 1. The third-order valence-corrected chi connectivity index (χ3v) is 3.19. The summed E-state index contributed by atoms with van der Waals surface area (Å²) in [5, 5.41) is 9.35. The molecule has 0 saturated carbocycles. The Hall–Kier alpha value is -2.76. The molecule has 1 aliphatic heterocycles. The molecule has 112 valence electrons. The van der Waals surface area contributed by atoms with E-state index in [2.05, 4.69) is 0 Å². The van der Waals surface area contributed by atoms with Crippen molar-refractivity contribution in [2.45, 2.75) is 6.18 Å². The summed E-state index contributed by atoms with van der Waals surface area (Å²) in [5.74, 6) is -0.194. The van der Waals surface area contributed by atoms with Crippen molar-refractivity contribution >= 4 is 11.9 Å². The highest BCUT2D eigenvalue weighted by atomic mass is 19.4. The van der Waals surface area contributed by atoms with Crippen LogP contribution in [0.1, 0.15) is 21.5 Å². The molecule has 0 aliphatic carbocycles. The summed E-state index contributed by atoms with van der Waals surface area (Å²) in [6.07, 6.45) is -3.04. The summed E-state index contributed by atoms with van der Waals surface area (Å²) in [6, 6.07) is 8.48. The molecule has 0 amide bonds. The Bertz CT molecular complexity index is 774. The minimum absolute atomic E-state index is 0.000332. The second-order valence-corrected chi connectivity index (χ2v) is 4.74. The van der Waals surface area contributed by atoms with Crippen molar-refractivity contribution < 1.29 is 27.8 Å². The van der Waals surface area contributed by atoms with Gasteiger partial charge in [-0.2, -0.15) is 13.2 Å². The van der Waals surface area contributed by atoms with Crippen LogP contribution in [-0.4, -0.2) is 10.9 Å². The molecule has 0 unspecified atom stereocenters. The number of alkyl halides is 3. The van der Waals surface area contributed by atoms with E-state index >= 15 is 0 Å². The summed E-state index contributed by atoms with van der Waals surface area (Å²) < 4.78 is 42.8. The van der Waals surface area contributed by atoms with Crippen molar-refractivity contribution in [3.63, 3.8) is 0 Å². The van der Waals surface area contributed by atoms with Gasteiger partial charge in [0.2, 0.25) is 5.78 Å². The van der Waals surface area contributed by atoms with Gasteiger partial charge in [0, 0.05) is 6.07 Å². The van der Waals surface area contributed by atoms with Crippen LogP contribution in [0.4, 0.5) is 13.2 Å². The van der Waals surface area contributed by atoms with Crippen LogP contribution in [0.2, 0.25) is 0 Å². The molecule has 1 N–H and O–H groups in total. The molecule has 0 atom stereocenters. The highest BCUT2D eigenvalue weighted by molar-refractivity contribution is 6.14. The predicted molar refractivity (Wildman–Crippen MR) is 72.5 cm³/mol. The molecule has 0 radical (unpaired) electrons. The second kappa shape index (κ2) is 4.91. The number of halogens is 3. The number of hydrogen-bond acceptors (Lipinski definition) is 3. The summed E-state index contributed by atoms with van der Waals surface area (Å²) in [4.78, 5) is 12.1. The molecule has 0 spiro atoms. The van der Waals surface area contributed by atoms with Gasteiger partial charge in [-0.3, -0.25) is 4.79 Å². The molecule has 0 aromatic heterocycles. The van der Waals surface area contributed by atoms with Crippen molar-refractivity contribution in [1.29, 1.82) is 0 Å². The molecule has 1 aliphatic rings. The number of rotatable bonds is 1. The van der Waals surface area contributed by atoms with E-state index in [1.165, 1.54) is 36.4 Å². The Labute approximate surface area is 123 Å². The molecule has 0 saturated heterocycles. The number of hydrogen-bond donors (Lipinski definition) is 1. The normalized spacial score (nSPS) is 15.8. The second-order valence-electron chi connectivity index (χ2n) is 4.74. The first-order valence-electron chi connectivity index (χ1n) is 6.29. The van der Waals surface area contributed by atoms with Gasteiger partial charge in [-0.1, -0.05) is 12.1 Å². The third kappa shape index (κ3) is 2.55. The zero-order valence-corrected chi connectivity index (χ0v) is 11.0. The standard InChI is InChI=1S/C16H9F3O3/c17-16(18,19)10-3-1-9(2-4-10)7-14-15(21)12-6-5-11(20)8-13(12)22-14/h1-8,20H/b14-7+. The Morgan fingerprint density at radius 3 is 2.36 bits per heavy atom. The lowest BCUT2D eigenvalue weighted by molar-refractivity contribution is -0.137. The van der Waals surface area contributed by atoms with E-state index in [1.54, 1.807) is 0 Å². The molecular weight excluding hydrogens is 297 g/mol. The lowest BCUT2D eigenvalue weighted by atomic mass is 10.1. The molecular formula is C16H9F3O3. The molecule has 1 heterocycles. The van der Waals surface area contributed by atoms with Gasteiger partial charge >= 0.3 is 6.18 Å². The van der Waals surface area contributed by atoms with Crippen LogP contribution in [0.15, 0.2) is 48.2 Å². The predicted octanol–water partition coefficient (Wildman–Crippen LogP) is 4.03. The summed E-state index contributed by atoms with van der Waals surface area (Å²) in [5.41, 5.74) is -0.0501. The third-order valence-electron chi connectivity index (χ3n) is 3.19. The molecule has 0 fully saturated rings. The fraction of sp³-hybridized carbons (Fsp3) is 0.0625. The maximum Gasteiger partial charge on any atom is 0.416 e. The number of benzene rings is 2. The average molecular weight is 306 g/mol. The van der Waals surface area contributed by atoms with Gasteiger partial charge in [-0.05, 0) is 35.9 Å². The smallest absolute Gasteiger partial charge is 0.416 e. The number of allylic oxidation sites excluding steroid dienone is 1. The minimum Gasteiger partial charge on any atom is -0.508 e. The van der Waals surface area contributed by atoms with E-state index in [0.29, 0.717) is 11.1 Å². The van der Waals surface area contributed by atoms with Crippen LogP contribution < -0.4 is 4.74 Å². The van der Waals surface area contributed by atoms with Gasteiger partial charge in [0.15, 0.2) is 5.76 Å². The summed E-state index contributed by atoms with van der Waals surface area (Å²) >= 11 is 0. The maximum absolute atomic E-state index is 12.5. The molecule has 3 nitrogen and oxygen atoms in total. The molecule has 2 aromatic carbocycles. The number of Topliss-reactive ketones (excluding diaryl/α,β-unsaturated/α-hetero) is 1. The van der Waals surface area contributed by atoms with Gasteiger partial charge in [-0.25, -0.2) is 0 Å². The van der Waals surface area contributed by atoms with Crippen LogP contribution in [-0.2, 0) is 6.18 Å². The van der Waals surface area contributed by atoms with Crippen LogP contribution in [0.25, 0.3) is 6.08 Å². The quantitative estimate of drug-likeness (QED) is 0.809. The van der Waals surface area contributed by atoms with Gasteiger partial charge in [0.1, 0.15) is 11.5 Å². The highest BCUT2D eigenvalue weighted by Gasteiger charge is 2.30. The molecule has 0 bridgehead atoms. The first-order chi connectivity index (χ1) is 10.3. The fourth-order valence-electron chi connectivity index (χ4n) is 2.10. The van der Waals surface area contributed by atoms with Crippen LogP contribution in [0, 0.1) is 0 Å². The largest absolute Gasteiger partial charge is 0.508 e. The number of carbonyl (C=O) groups excluding carboxylic acids is 1. The van der Waals surface area contributed by atoms with Crippen molar-refractivity contribution in [3.05, 3.63) is 64.9 Å². The Balaban J connectivity index is 1.90. The van der Waals surface area contributed by atoms with E-state index in [1.807, 2.05) is 0 Å². The SMILES string of the molecule is O=C1/C(=C\c2ccc(C(F)(F)F)cc2)Oc2cc(O)ccc21. The topological polar surface area (TPSA) is 46.5 Å². The zero-order chi connectivity index (χ0) is 15.9. The summed E-state index contributed by atoms with van der Waals surface area (Å²) in [6.45, 7) is 0. The van der Waals surface area contributed by atoms with Crippen molar-refractivity contribution in [3.8, 4) is 11.5 Å². The lowest BCUT2D eigenvalue weighted by Crippen LogP contribution is -2.04. The number of aromatic hydroxyl groups is 1. The molecule has 6 heteroatoms. The van der Waals surface area contributed by atoms with Gasteiger partial charge in [0.05, 0.1) is 11.1 Å². The summed E-state index contributed by atoms with van der Waals surface area (Å²) in [7, 11) is 0. The van der Waals surface area contributed by atoms with Crippen molar-refractivity contribution in [1.82, 2.24) is 0 Å². The molecule has 22 heavy (non-hydrogen) atoms. The van der Waals surface area contributed by atoms with E-state index in [9.17, 15) is 23.1 Å². The van der Waals surface area contributed by atoms with E-state index < -0.39 is 11.7 Å². The monoisotopic (exact) mass is 306 g/mol. The first kappa shape index (κ1) is 14.2. The number of ether oxygens (including phenoxy) is 1. The number of carbonyl (C=O) groups is 1. The van der Waals surface area contributed by atoms with Gasteiger partial charge in [-0.15, -0.1) is 0 Å². The Morgan fingerprint density at radius 1 is 1.05 bits per heavy atom.